The lowest BCUT2D eigenvalue weighted by Gasteiger charge is -2.14. The van der Waals surface area contributed by atoms with Crippen molar-refractivity contribution in [3.05, 3.63) is 35.0 Å². The number of fused-ring (bicyclic) bond motifs is 1. The summed E-state index contributed by atoms with van der Waals surface area (Å²) < 4.78 is 31.4. The minimum atomic E-state index is -2.52. The van der Waals surface area contributed by atoms with Gasteiger partial charge in [0.15, 0.2) is 5.58 Å². The second kappa shape index (κ2) is 5.67. The third kappa shape index (κ3) is 2.65. The molecule has 0 aliphatic carbocycles. The molecule has 0 amide bonds. The Hall–Kier alpha value is -1.13. The Labute approximate surface area is 109 Å². The molecule has 0 aliphatic heterocycles. The summed E-state index contributed by atoms with van der Waals surface area (Å²) in [5.74, 6) is 0.224. The Kier molecular flexibility index (Phi) is 4.19. The highest BCUT2D eigenvalue weighted by Gasteiger charge is 2.25. The maximum Gasteiger partial charge on any atom is 0.260 e. The SMILES string of the molecule is CCCNC(c1cc2cccc(Cl)c2o1)C(F)F. The lowest BCUT2D eigenvalue weighted by Crippen LogP contribution is -2.27. The summed E-state index contributed by atoms with van der Waals surface area (Å²) in [6, 6.07) is 5.75. The number of rotatable bonds is 5. The average Bonchev–Trinajstić information content (AvgIpc) is 2.74. The highest BCUT2D eigenvalue weighted by Crippen LogP contribution is 2.31. The van der Waals surface area contributed by atoms with Crippen molar-refractivity contribution in [3.63, 3.8) is 0 Å². The summed E-state index contributed by atoms with van der Waals surface area (Å²) in [4.78, 5) is 0. The van der Waals surface area contributed by atoms with Crippen LogP contribution in [0.1, 0.15) is 25.1 Å². The van der Waals surface area contributed by atoms with Crippen molar-refractivity contribution >= 4 is 22.6 Å². The van der Waals surface area contributed by atoms with E-state index in [0.29, 0.717) is 17.2 Å². The molecule has 0 saturated heterocycles. The lowest BCUT2D eigenvalue weighted by atomic mass is 10.2. The van der Waals surface area contributed by atoms with Crippen LogP contribution >= 0.6 is 11.6 Å². The zero-order valence-electron chi connectivity index (χ0n) is 9.92. The molecule has 0 spiro atoms. The summed E-state index contributed by atoms with van der Waals surface area (Å²) in [6.45, 7) is 2.44. The first-order chi connectivity index (χ1) is 8.63. The number of benzene rings is 1. The van der Waals surface area contributed by atoms with Gasteiger partial charge in [0.1, 0.15) is 11.8 Å². The van der Waals surface area contributed by atoms with Crippen LogP contribution in [0.5, 0.6) is 0 Å². The van der Waals surface area contributed by atoms with Crippen LogP contribution in [0.25, 0.3) is 11.0 Å². The van der Waals surface area contributed by atoms with Crippen LogP contribution in [-0.4, -0.2) is 13.0 Å². The molecule has 0 fully saturated rings. The van der Waals surface area contributed by atoms with Gasteiger partial charge in [0, 0.05) is 5.39 Å². The number of para-hydroxylation sites is 1. The first kappa shape index (κ1) is 13.3. The van der Waals surface area contributed by atoms with E-state index < -0.39 is 12.5 Å². The quantitative estimate of drug-likeness (QED) is 0.874. The van der Waals surface area contributed by atoms with Gasteiger partial charge in [-0.05, 0) is 25.1 Å². The fraction of sp³-hybridized carbons (Fsp3) is 0.385. The molecule has 2 rings (SSSR count). The van der Waals surface area contributed by atoms with Gasteiger partial charge in [-0.1, -0.05) is 30.7 Å². The highest BCUT2D eigenvalue weighted by molar-refractivity contribution is 6.34. The molecule has 1 unspecified atom stereocenters. The van der Waals surface area contributed by atoms with E-state index in [1.807, 2.05) is 6.92 Å². The summed E-state index contributed by atoms with van der Waals surface area (Å²) in [5.41, 5.74) is 0.457. The number of furan rings is 1. The number of hydrogen-bond donors (Lipinski definition) is 1. The fourth-order valence-electron chi connectivity index (χ4n) is 1.81. The van der Waals surface area contributed by atoms with Gasteiger partial charge in [0.2, 0.25) is 0 Å². The predicted molar refractivity (Wildman–Crippen MR) is 68.3 cm³/mol. The van der Waals surface area contributed by atoms with Crippen LogP contribution in [0, 0.1) is 0 Å². The molecule has 2 nitrogen and oxygen atoms in total. The number of hydrogen-bond acceptors (Lipinski definition) is 2. The van der Waals surface area contributed by atoms with Crippen molar-refractivity contribution < 1.29 is 13.2 Å². The summed E-state index contributed by atoms with van der Waals surface area (Å²) >= 11 is 5.96. The van der Waals surface area contributed by atoms with Crippen molar-refractivity contribution in [1.82, 2.24) is 5.32 Å². The minimum absolute atomic E-state index is 0.224. The molecule has 0 aliphatic rings. The molecular weight excluding hydrogens is 260 g/mol. The lowest BCUT2D eigenvalue weighted by molar-refractivity contribution is 0.0889. The number of nitrogens with one attached hydrogen (secondary N) is 1. The zero-order chi connectivity index (χ0) is 13.1. The first-order valence-corrected chi connectivity index (χ1v) is 6.20. The second-order valence-corrected chi connectivity index (χ2v) is 4.48. The van der Waals surface area contributed by atoms with Crippen molar-refractivity contribution in [2.75, 3.05) is 6.54 Å². The van der Waals surface area contributed by atoms with Crippen molar-refractivity contribution in [3.8, 4) is 0 Å². The summed E-state index contributed by atoms with van der Waals surface area (Å²) in [5, 5.41) is 3.95. The average molecular weight is 274 g/mol. The van der Waals surface area contributed by atoms with Gasteiger partial charge in [-0.25, -0.2) is 8.78 Å². The Morgan fingerprint density at radius 3 is 2.78 bits per heavy atom. The number of halogens is 3. The third-order valence-corrected chi connectivity index (χ3v) is 2.99. The molecule has 98 valence electrons. The maximum atomic E-state index is 13.0. The van der Waals surface area contributed by atoms with E-state index >= 15 is 0 Å². The van der Waals surface area contributed by atoms with E-state index in [0.717, 1.165) is 11.8 Å². The standard InChI is InChI=1S/C13H14ClF2NO/c1-2-6-17-11(13(15)16)10-7-8-4-3-5-9(14)12(8)18-10/h3-5,7,11,13,17H,2,6H2,1H3. The molecule has 2 aromatic rings. The minimum Gasteiger partial charge on any atom is -0.458 e. The van der Waals surface area contributed by atoms with Gasteiger partial charge < -0.3 is 9.73 Å². The van der Waals surface area contributed by atoms with Crippen molar-refractivity contribution in [2.45, 2.75) is 25.8 Å². The maximum absolute atomic E-state index is 13.0. The van der Waals surface area contributed by atoms with E-state index in [-0.39, 0.29) is 5.76 Å². The highest BCUT2D eigenvalue weighted by atomic mass is 35.5. The fourth-order valence-corrected chi connectivity index (χ4v) is 2.03. The van der Waals surface area contributed by atoms with Crippen LogP contribution in [0.15, 0.2) is 28.7 Å². The van der Waals surface area contributed by atoms with Crippen LogP contribution in [0.4, 0.5) is 8.78 Å². The van der Waals surface area contributed by atoms with E-state index in [2.05, 4.69) is 5.32 Å². The first-order valence-electron chi connectivity index (χ1n) is 5.83. The topological polar surface area (TPSA) is 25.2 Å². The van der Waals surface area contributed by atoms with Crippen molar-refractivity contribution in [2.24, 2.45) is 0 Å². The Morgan fingerprint density at radius 2 is 2.17 bits per heavy atom. The van der Waals surface area contributed by atoms with E-state index in [9.17, 15) is 8.78 Å². The van der Waals surface area contributed by atoms with E-state index in [1.165, 1.54) is 0 Å². The molecule has 0 bridgehead atoms. The Balaban J connectivity index is 2.35. The summed E-state index contributed by atoms with van der Waals surface area (Å²) in [6.07, 6.45) is -1.74. The molecule has 18 heavy (non-hydrogen) atoms. The van der Waals surface area contributed by atoms with E-state index in [1.54, 1.807) is 24.3 Å². The molecule has 5 heteroatoms. The number of alkyl halides is 2. The smallest absolute Gasteiger partial charge is 0.260 e. The zero-order valence-corrected chi connectivity index (χ0v) is 10.7. The molecule has 0 saturated carbocycles. The summed E-state index contributed by atoms with van der Waals surface area (Å²) in [7, 11) is 0. The van der Waals surface area contributed by atoms with Gasteiger partial charge in [0.05, 0.1) is 5.02 Å². The molecule has 0 radical (unpaired) electrons. The van der Waals surface area contributed by atoms with E-state index in [4.69, 9.17) is 16.0 Å². The molecule has 1 heterocycles. The van der Waals surface area contributed by atoms with Crippen LogP contribution in [0.2, 0.25) is 5.02 Å². The molecule has 1 N–H and O–H groups in total. The molecule has 1 atom stereocenters. The van der Waals surface area contributed by atoms with Crippen LogP contribution < -0.4 is 5.32 Å². The molecule has 1 aromatic carbocycles. The van der Waals surface area contributed by atoms with Crippen LogP contribution in [0.3, 0.4) is 0 Å². The normalized spacial score (nSPS) is 13.4. The Bertz CT molecular complexity index is 527. The Morgan fingerprint density at radius 1 is 1.39 bits per heavy atom. The third-order valence-electron chi connectivity index (χ3n) is 2.69. The van der Waals surface area contributed by atoms with Crippen molar-refractivity contribution in [1.29, 1.82) is 0 Å². The largest absolute Gasteiger partial charge is 0.458 e. The van der Waals surface area contributed by atoms with Gasteiger partial charge in [-0.2, -0.15) is 0 Å². The monoisotopic (exact) mass is 273 g/mol. The van der Waals surface area contributed by atoms with Gasteiger partial charge >= 0.3 is 0 Å². The molecule has 1 aromatic heterocycles. The van der Waals surface area contributed by atoms with Crippen LogP contribution in [-0.2, 0) is 0 Å². The van der Waals surface area contributed by atoms with Gasteiger partial charge in [-0.3, -0.25) is 0 Å². The molecular formula is C13H14ClF2NO. The second-order valence-electron chi connectivity index (χ2n) is 4.07. The van der Waals surface area contributed by atoms with Gasteiger partial charge in [0.25, 0.3) is 6.43 Å². The van der Waals surface area contributed by atoms with Gasteiger partial charge in [-0.15, -0.1) is 0 Å². The predicted octanol–water partition coefficient (Wildman–Crippen LogP) is 4.39.